The van der Waals surface area contributed by atoms with Gasteiger partial charge in [0.2, 0.25) is 0 Å². The van der Waals surface area contributed by atoms with Gasteiger partial charge in [-0.3, -0.25) is 4.79 Å². The molecule has 0 aliphatic carbocycles. The van der Waals surface area contributed by atoms with Crippen molar-refractivity contribution in [1.82, 2.24) is 5.43 Å². The first-order valence-corrected chi connectivity index (χ1v) is 12.5. The molecule has 0 saturated heterocycles. The quantitative estimate of drug-likeness (QED) is 0.0999. The molecule has 4 rings (SSSR count). The van der Waals surface area contributed by atoms with E-state index in [9.17, 15) is 9.59 Å². The summed E-state index contributed by atoms with van der Waals surface area (Å²) < 4.78 is 11.9. The Hall–Kier alpha value is -3.65. The molecule has 0 spiro atoms. The van der Waals surface area contributed by atoms with Gasteiger partial charge in [-0.25, -0.2) is 10.2 Å². The lowest BCUT2D eigenvalue weighted by molar-refractivity contribution is 0.0734. The summed E-state index contributed by atoms with van der Waals surface area (Å²) in [5.74, 6) is 0.154. The predicted molar refractivity (Wildman–Crippen MR) is 148 cm³/mol. The Morgan fingerprint density at radius 1 is 0.865 bits per heavy atom. The summed E-state index contributed by atoms with van der Waals surface area (Å²) in [5, 5.41) is 5.07. The standard InChI is InChI=1S/C28H19BrCl2N2O4/c29-22-3-1-2-20(14-22)28(35)37-25-10-4-18(5-11-25)16-32-33-27(34)19-7-12-24(13-8-19)36-17-21-6-9-23(30)15-26(21)31/h1-16H,17H2,(H,33,34)/b32-16-. The van der Waals surface area contributed by atoms with Crippen LogP contribution in [0.2, 0.25) is 10.0 Å². The van der Waals surface area contributed by atoms with E-state index in [1.807, 2.05) is 6.07 Å². The van der Waals surface area contributed by atoms with Gasteiger partial charge in [0, 0.05) is 25.6 Å². The van der Waals surface area contributed by atoms with Gasteiger partial charge in [-0.1, -0.05) is 51.3 Å². The van der Waals surface area contributed by atoms with Crippen LogP contribution < -0.4 is 14.9 Å². The SMILES string of the molecule is O=C(N/N=C\c1ccc(OC(=O)c2cccc(Br)c2)cc1)c1ccc(OCc2ccc(Cl)cc2Cl)cc1. The summed E-state index contributed by atoms with van der Waals surface area (Å²) in [6, 6.07) is 25.5. The minimum atomic E-state index is -0.458. The van der Waals surface area contributed by atoms with Crippen LogP contribution in [0.1, 0.15) is 31.8 Å². The lowest BCUT2D eigenvalue weighted by Crippen LogP contribution is -2.17. The summed E-state index contributed by atoms with van der Waals surface area (Å²) in [7, 11) is 0. The molecule has 1 N–H and O–H groups in total. The van der Waals surface area contributed by atoms with Crippen molar-refractivity contribution in [3.63, 3.8) is 0 Å². The molecule has 1 amide bonds. The number of nitrogens with zero attached hydrogens (tertiary/aromatic N) is 1. The molecule has 9 heteroatoms. The number of carbonyl (C=O) groups is 2. The summed E-state index contributed by atoms with van der Waals surface area (Å²) in [6.07, 6.45) is 1.49. The zero-order valence-electron chi connectivity index (χ0n) is 19.2. The number of benzene rings is 4. The molecular formula is C28H19BrCl2N2O4. The normalized spacial score (nSPS) is 10.8. The van der Waals surface area contributed by atoms with Gasteiger partial charge >= 0.3 is 5.97 Å². The molecule has 0 atom stereocenters. The first kappa shape index (κ1) is 26.4. The number of esters is 1. The molecule has 4 aromatic rings. The molecule has 0 aliphatic heterocycles. The van der Waals surface area contributed by atoms with Crippen LogP contribution in [0.5, 0.6) is 11.5 Å². The molecule has 186 valence electrons. The van der Waals surface area contributed by atoms with Crippen molar-refractivity contribution < 1.29 is 19.1 Å². The van der Waals surface area contributed by atoms with Crippen molar-refractivity contribution in [3.05, 3.63) is 128 Å². The van der Waals surface area contributed by atoms with Crippen LogP contribution in [0.4, 0.5) is 0 Å². The van der Waals surface area contributed by atoms with Crippen molar-refractivity contribution in [2.75, 3.05) is 0 Å². The largest absolute Gasteiger partial charge is 0.489 e. The van der Waals surface area contributed by atoms with Gasteiger partial charge in [0.1, 0.15) is 18.1 Å². The number of hydrogen-bond donors (Lipinski definition) is 1. The third-order valence-electron chi connectivity index (χ3n) is 5.06. The molecule has 0 bridgehead atoms. The number of hydrogen-bond acceptors (Lipinski definition) is 5. The van der Waals surface area contributed by atoms with E-state index in [1.54, 1.807) is 84.9 Å². The monoisotopic (exact) mass is 596 g/mol. The lowest BCUT2D eigenvalue weighted by Gasteiger charge is -2.08. The second-order valence-corrected chi connectivity index (χ2v) is 9.48. The first-order chi connectivity index (χ1) is 17.9. The number of rotatable bonds is 8. The molecule has 4 aromatic carbocycles. The van der Waals surface area contributed by atoms with Gasteiger partial charge in [-0.05, 0) is 84.4 Å². The topological polar surface area (TPSA) is 77.0 Å². The molecule has 6 nitrogen and oxygen atoms in total. The maximum atomic E-state index is 12.4. The summed E-state index contributed by atoms with van der Waals surface area (Å²) >= 11 is 15.4. The van der Waals surface area contributed by atoms with Crippen LogP contribution in [-0.2, 0) is 6.61 Å². The third kappa shape index (κ3) is 7.67. The van der Waals surface area contributed by atoms with E-state index in [0.717, 1.165) is 10.0 Å². The number of amides is 1. The van der Waals surface area contributed by atoms with Crippen LogP contribution >= 0.6 is 39.1 Å². The van der Waals surface area contributed by atoms with Crippen LogP contribution in [0.15, 0.2) is 101 Å². The molecule has 0 aliphatic rings. The van der Waals surface area contributed by atoms with Crippen molar-refractivity contribution in [2.45, 2.75) is 6.61 Å². The predicted octanol–water partition coefficient (Wildman–Crippen LogP) is 7.32. The van der Waals surface area contributed by atoms with E-state index in [2.05, 4.69) is 26.5 Å². The van der Waals surface area contributed by atoms with E-state index in [-0.39, 0.29) is 12.5 Å². The van der Waals surface area contributed by atoms with E-state index in [0.29, 0.717) is 38.2 Å². The Bertz CT molecular complexity index is 1440. The zero-order chi connectivity index (χ0) is 26.2. The number of nitrogens with one attached hydrogen (secondary N) is 1. The van der Waals surface area contributed by atoms with Crippen molar-refractivity contribution in [3.8, 4) is 11.5 Å². The Morgan fingerprint density at radius 3 is 2.30 bits per heavy atom. The van der Waals surface area contributed by atoms with E-state index in [1.165, 1.54) is 6.21 Å². The minimum absolute atomic E-state index is 0.272. The van der Waals surface area contributed by atoms with Crippen LogP contribution in [-0.4, -0.2) is 18.1 Å². The molecule has 0 aromatic heterocycles. The highest BCUT2D eigenvalue weighted by Gasteiger charge is 2.09. The highest BCUT2D eigenvalue weighted by molar-refractivity contribution is 9.10. The molecular weight excluding hydrogens is 579 g/mol. The molecule has 0 unspecified atom stereocenters. The highest BCUT2D eigenvalue weighted by Crippen LogP contribution is 2.23. The number of halogens is 3. The van der Waals surface area contributed by atoms with Crippen LogP contribution in [0.25, 0.3) is 0 Å². The summed E-state index contributed by atoms with van der Waals surface area (Å²) in [6.45, 7) is 0.272. The smallest absolute Gasteiger partial charge is 0.343 e. The minimum Gasteiger partial charge on any atom is -0.489 e. The fraction of sp³-hybridized carbons (Fsp3) is 0.0357. The van der Waals surface area contributed by atoms with E-state index in [4.69, 9.17) is 32.7 Å². The Balaban J connectivity index is 1.26. The molecule has 37 heavy (non-hydrogen) atoms. The fourth-order valence-electron chi connectivity index (χ4n) is 3.14. The highest BCUT2D eigenvalue weighted by atomic mass is 79.9. The van der Waals surface area contributed by atoms with Crippen molar-refractivity contribution in [2.24, 2.45) is 5.10 Å². The van der Waals surface area contributed by atoms with Gasteiger partial charge in [-0.15, -0.1) is 0 Å². The van der Waals surface area contributed by atoms with Gasteiger partial charge in [-0.2, -0.15) is 5.10 Å². The second kappa shape index (κ2) is 12.5. The summed E-state index contributed by atoms with van der Waals surface area (Å²) in [5.41, 5.74) is 4.86. The van der Waals surface area contributed by atoms with Crippen LogP contribution in [0, 0.1) is 0 Å². The third-order valence-corrected chi connectivity index (χ3v) is 6.14. The van der Waals surface area contributed by atoms with Gasteiger partial charge in [0.05, 0.1) is 11.8 Å². The van der Waals surface area contributed by atoms with Gasteiger partial charge in [0.15, 0.2) is 0 Å². The van der Waals surface area contributed by atoms with Gasteiger partial charge < -0.3 is 9.47 Å². The lowest BCUT2D eigenvalue weighted by atomic mass is 10.2. The average molecular weight is 598 g/mol. The second-order valence-electron chi connectivity index (χ2n) is 7.72. The molecule has 0 heterocycles. The zero-order valence-corrected chi connectivity index (χ0v) is 22.3. The number of ether oxygens (including phenoxy) is 2. The maximum Gasteiger partial charge on any atom is 0.343 e. The maximum absolute atomic E-state index is 12.4. The van der Waals surface area contributed by atoms with Crippen molar-refractivity contribution in [1.29, 1.82) is 0 Å². The summed E-state index contributed by atoms with van der Waals surface area (Å²) in [4.78, 5) is 24.6. The van der Waals surface area contributed by atoms with Crippen LogP contribution in [0.3, 0.4) is 0 Å². The van der Waals surface area contributed by atoms with Gasteiger partial charge in [0.25, 0.3) is 5.91 Å². The molecule has 0 radical (unpaired) electrons. The number of hydrazone groups is 1. The van der Waals surface area contributed by atoms with E-state index >= 15 is 0 Å². The average Bonchev–Trinajstić information content (AvgIpc) is 2.89. The number of carbonyl (C=O) groups excluding carboxylic acids is 2. The Labute approximate surface area is 232 Å². The first-order valence-electron chi connectivity index (χ1n) is 11.0. The Morgan fingerprint density at radius 2 is 1.59 bits per heavy atom. The molecule has 0 fully saturated rings. The van der Waals surface area contributed by atoms with Crippen molar-refractivity contribution >= 4 is 57.2 Å². The molecule has 0 saturated carbocycles. The fourth-order valence-corrected chi connectivity index (χ4v) is 4.00. The van der Waals surface area contributed by atoms with E-state index < -0.39 is 5.97 Å². The Kier molecular flexibility index (Phi) is 8.95.